The summed E-state index contributed by atoms with van der Waals surface area (Å²) in [6.07, 6.45) is 44.8. The Balaban J connectivity index is 1.23. The van der Waals surface area contributed by atoms with Crippen LogP contribution in [0.5, 0.6) is 0 Å². The third kappa shape index (κ3) is 7.15. The molecule has 4 heteroatoms. The monoisotopic (exact) mass is 642 g/mol. The maximum Gasteiger partial charge on any atom is 0.0998 e. The lowest BCUT2D eigenvalue weighted by Gasteiger charge is -2.49. The van der Waals surface area contributed by atoms with Crippen molar-refractivity contribution in [3.63, 3.8) is 0 Å². The van der Waals surface area contributed by atoms with Gasteiger partial charge in [0.15, 0.2) is 0 Å². The van der Waals surface area contributed by atoms with E-state index in [1.54, 1.807) is 0 Å². The Kier molecular flexibility index (Phi) is 10.5. The van der Waals surface area contributed by atoms with Crippen molar-refractivity contribution >= 4 is 0 Å². The molecular weight excluding hydrogens is 585 g/mol. The van der Waals surface area contributed by atoms with Crippen LogP contribution in [0.1, 0.15) is 79.6 Å². The lowest BCUT2D eigenvalue weighted by molar-refractivity contribution is 0.231. The summed E-state index contributed by atoms with van der Waals surface area (Å²) in [7, 11) is 0. The van der Waals surface area contributed by atoms with E-state index in [0.717, 1.165) is 50.9 Å². The third-order valence-electron chi connectivity index (χ3n) is 11.3. The van der Waals surface area contributed by atoms with Gasteiger partial charge in [-0.3, -0.25) is 0 Å². The molecule has 4 N–H and O–H groups in total. The molecule has 0 bridgehead atoms. The van der Waals surface area contributed by atoms with Crippen LogP contribution in [0.25, 0.3) is 0 Å². The van der Waals surface area contributed by atoms with Gasteiger partial charge >= 0.3 is 0 Å². The Morgan fingerprint density at radius 2 is 1.92 bits per heavy atom. The minimum absolute atomic E-state index is 0.0493. The molecule has 1 saturated carbocycles. The van der Waals surface area contributed by atoms with Crippen LogP contribution in [0.3, 0.4) is 0 Å². The van der Waals surface area contributed by atoms with Gasteiger partial charge in [0.05, 0.1) is 11.9 Å². The summed E-state index contributed by atoms with van der Waals surface area (Å²) in [5, 5.41) is 0. The van der Waals surface area contributed by atoms with Crippen LogP contribution in [0.2, 0.25) is 0 Å². The van der Waals surface area contributed by atoms with Crippen molar-refractivity contribution in [1.82, 2.24) is 9.80 Å². The summed E-state index contributed by atoms with van der Waals surface area (Å²) in [6.45, 7) is 13.0. The van der Waals surface area contributed by atoms with E-state index in [0.29, 0.717) is 30.2 Å². The van der Waals surface area contributed by atoms with Gasteiger partial charge in [0.1, 0.15) is 0 Å². The number of hydrogen-bond acceptors (Lipinski definition) is 4. The Hall–Kier alpha value is -3.76. The van der Waals surface area contributed by atoms with Crippen LogP contribution in [-0.4, -0.2) is 28.9 Å². The lowest BCUT2D eigenvalue weighted by Crippen LogP contribution is -2.49. The van der Waals surface area contributed by atoms with Crippen molar-refractivity contribution in [2.45, 2.75) is 85.6 Å². The highest BCUT2D eigenvalue weighted by Crippen LogP contribution is 2.57. The van der Waals surface area contributed by atoms with Gasteiger partial charge in [0.25, 0.3) is 0 Å². The summed E-state index contributed by atoms with van der Waals surface area (Å²) < 4.78 is 0. The Morgan fingerprint density at radius 1 is 1.08 bits per heavy atom. The number of fused-ring (bicyclic) bond motifs is 1. The van der Waals surface area contributed by atoms with Crippen LogP contribution in [0.15, 0.2) is 142 Å². The zero-order valence-corrected chi connectivity index (χ0v) is 30.0. The summed E-state index contributed by atoms with van der Waals surface area (Å²) >= 11 is 0. The molecule has 5 atom stereocenters. The van der Waals surface area contributed by atoms with Crippen molar-refractivity contribution in [2.24, 2.45) is 40.6 Å². The number of allylic oxidation sites excluding steroid dienone is 17. The molecule has 0 amide bonds. The van der Waals surface area contributed by atoms with E-state index in [1.807, 2.05) is 0 Å². The van der Waals surface area contributed by atoms with Gasteiger partial charge in [-0.1, -0.05) is 107 Å². The second-order valence-corrected chi connectivity index (χ2v) is 15.1. The molecule has 254 valence electrons. The molecule has 6 aliphatic rings. The predicted molar refractivity (Wildman–Crippen MR) is 204 cm³/mol. The lowest BCUT2D eigenvalue weighted by atomic mass is 9.66. The van der Waals surface area contributed by atoms with E-state index in [2.05, 4.69) is 142 Å². The van der Waals surface area contributed by atoms with Gasteiger partial charge in [-0.25, -0.2) is 0 Å². The fourth-order valence-corrected chi connectivity index (χ4v) is 8.50. The highest BCUT2D eigenvalue weighted by Gasteiger charge is 2.50. The minimum Gasteiger partial charge on any atom is -0.385 e. The third-order valence-corrected chi connectivity index (χ3v) is 11.3. The Bertz CT molecular complexity index is 1610. The van der Waals surface area contributed by atoms with Crippen molar-refractivity contribution < 1.29 is 0 Å². The van der Waals surface area contributed by atoms with Crippen LogP contribution in [0, 0.1) is 29.1 Å². The van der Waals surface area contributed by atoms with E-state index < -0.39 is 0 Å². The molecule has 0 radical (unpaired) electrons. The SMILES string of the molecule is C/C=C(\C=C/CC1=CCC2C(=C1)C(C)(C)C(C1CC1C)=C(N)N2C/C=C\CN)N(C1=CCCC(C2=CC(C)C=C2)C=C1)C1=CC=CCC1. The summed E-state index contributed by atoms with van der Waals surface area (Å²) in [4.78, 5) is 4.94. The molecule has 0 spiro atoms. The highest BCUT2D eigenvalue weighted by molar-refractivity contribution is 5.48. The number of nitrogens with zero attached hydrogens (tertiary/aromatic N) is 2. The first-order valence-electron chi connectivity index (χ1n) is 18.5. The Labute approximate surface area is 290 Å². The molecule has 6 rings (SSSR count). The smallest absolute Gasteiger partial charge is 0.0998 e. The zero-order chi connectivity index (χ0) is 33.8. The molecule has 1 heterocycles. The first-order chi connectivity index (χ1) is 23.2. The van der Waals surface area contributed by atoms with Crippen LogP contribution >= 0.6 is 0 Å². The van der Waals surface area contributed by atoms with E-state index in [4.69, 9.17) is 11.5 Å². The number of hydrogen-bond donors (Lipinski definition) is 2. The standard InChI is InChI=1S/C44H58N4/c1-6-36(48(37-16-8-7-9-17-37)38-19-13-15-34(23-24-38)35-22-20-31(2)28-35)18-12-14-33-21-25-41-40(30-33)44(4,5)42(39-29-32(39)3)43(46)47(41)27-11-10-26-45/h6-8,10-12,16,18-24,28,30-32,34,39,41H,9,13-15,17,25-27,29,45-46H2,1-5H3/b11-10-,18-12-,36-6+. The van der Waals surface area contributed by atoms with E-state index in [9.17, 15) is 0 Å². The summed E-state index contributed by atoms with van der Waals surface area (Å²) in [6, 6.07) is 0.289. The molecule has 0 aromatic rings. The van der Waals surface area contributed by atoms with Crippen molar-refractivity contribution in [3.8, 4) is 0 Å². The zero-order valence-electron chi connectivity index (χ0n) is 30.0. The van der Waals surface area contributed by atoms with Gasteiger partial charge in [0.2, 0.25) is 0 Å². The van der Waals surface area contributed by atoms with Crippen molar-refractivity contribution in [1.29, 1.82) is 0 Å². The van der Waals surface area contributed by atoms with Gasteiger partial charge in [-0.05, 0) is 110 Å². The molecule has 0 aromatic heterocycles. The first kappa shape index (κ1) is 34.1. The van der Waals surface area contributed by atoms with E-state index in [-0.39, 0.29) is 11.5 Å². The maximum absolute atomic E-state index is 7.01. The summed E-state index contributed by atoms with van der Waals surface area (Å²) in [5.74, 6) is 3.31. The molecule has 0 aromatic carbocycles. The molecule has 5 unspecified atom stereocenters. The molecule has 5 aliphatic carbocycles. The van der Waals surface area contributed by atoms with E-state index in [1.165, 1.54) is 45.8 Å². The maximum atomic E-state index is 7.01. The normalized spacial score (nSPS) is 29.9. The van der Waals surface area contributed by atoms with Crippen LogP contribution in [0.4, 0.5) is 0 Å². The predicted octanol–water partition coefficient (Wildman–Crippen LogP) is 9.66. The van der Waals surface area contributed by atoms with Crippen LogP contribution < -0.4 is 11.5 Å². The molecule has 0 saturated heterocycles. The van der Waals surface area contributed by atoms with Gasteiger partial charge < -0.3 is 21.3 Å². The number of rotatable bonds is 11. The first-order valence-corrected chi connectivity index (χ1v) is 18.5. The summed E-state index contributed by atoms with van der Waals surface area (Å²) in [5.41, 5.74) is 22.5. The average Bonchev–Trinajstić information content (AvgIpc) is 3.71. The second-order valence-electron chi connectivity index (χ2n) is 15.1. The van der Waals surface area contributed by atoms with Crippen molar-refractivity contribution in [3.05, 3.63) is 142 Å². The molecule has 4 nitrogen and oxygen atoms in total. The fourth-order valence-electron chi connectivity index (χ4n) is 8.50. The topological polar surface area (TPSA) is 58.5 Å². The average molecular weight is 643 g/mol. The van der Waals surface area contributed by atoms with Crippen LogP contribution in [-0.2, 0) is 0 Å². The fraction of sp³-hybridized carbons (Fsp3) is 0.455. The number of nitrogens with two attached hydrogens (primary N) is 2. The van der Waals surface area contributed by atoms with Gasteiger partial charge in [-0.15, -0.1) is 0 Å². The molecule has 1 aliphatic heterocycles. The largest absolute Gasteiger partial charge is 0.385 e. The van der Waals surface area contributed by atoms with E-state index >= 15 is 0 Å². The molecule has 1 fully saturated rings. The van der Waals surface area contributed by atoms with Crippen molar-refractivity contribution in [2.75, 3.05) is 13.1 Å². The molecule has 48 heavy (non-hydrogen) atoms. The molecular formula is C44H58N4. The Morgan fingerprint density at radius 3 is 2.60 bits per heavy atom. The minimum atomic E-state index is -0.0493. The van der Waals surface area contributed by atoms with Gasteiger partial charge in [0, 0.05) is 41.5 Å². The quantitative estimate of drug-likeness (QED) is 0.174. The highest BCUT2D eigenvalue weighted by atomic mass is 15.2. The van der Waals surface area contributed by atoms with Gasteiger partial charge in [-0.2, -0.15) is 0 Å². The second kappa shape index (κ2) is 14.8.